The molecule has 1 rings (SSSR count). The first-order chi connectivity index (χ1) is 11.5. The molecule has 0 spiro atoms. The molecule has 0 aliphatic carbocycles. The minimum atomic E-state index is -0.526. The number of nitrogens with one attached hydrogen (secondary N) is 1. The fraction of sp³-hybridized carbons (Fsp3) is 0.556. The minimum absolute atomic E-state index is 0.0940. The Labute approximate surface area is 154 Å². The van der Waals surface area contributed by atoms with E-state index in [9.17, 15) is 9.59 Å². The van der Waals surface area contributed by atoms with Crippen molar-refractivity contribution in [2.75, 3.05) is 6.54 Å². The molecule has 0 radical (unpaired) electrons. The van der Waals surface area contributed by atoms with Gasteiger partial charge in [-0.2, -0.15) is 0 Å². The molecule has 24 heavy (non-hydrogen) atoms. The molecule has 1 aromatic rings. The Morgan fingerprint density at radius 2 is 1.79 bits per heavy atom. The number of hydrogen-bond acceptors (Lipinski definition) is 2. The van der Waals surface area contributed by atoms with E-state index in [2.05, 4.69) is 12.2 Å². The van der Waals surface area contributed by atoms with Gasteiger partial charge in [0, 0.05) is 35.1 Å². The summed E-state index contributed by atoms with van der Waals surface area (Å²) in [6.07, 6.45) is 2.77. The van der Waals surface area contributed by atoms with Crippen molar-refractivity contribution in [2.45, 2.75) is 59.0 Å². The van der Waals surface area contributed by atoms with E-state index >= 15 is 0 Å². The monoisotopic (exact) mass is 372 g/mol. The van der Waals surface area contributed by atoms with Gasteiger partial charge in [-0.3, -0.25) is 9.59 Å². The van der Waals surface area contributed by atoms with Crippen LogP contribution >= 0.6 is 23.2 Å². The molecule has 1 N–H and O–H groups in total. The summed E-state index contributed by atoms with van der Waals surface area (Å²) >= 11 is 12.5. The molecular formula is C18H26Cl2N2O2. The number of nitrogens with zero attached hydrogens (tertiary/aromatic N) is 1. The van der Waals surface area contributed by atoms with Crippen LogP contribution in [-0.4, -0.2) is 29.3 Å². The number of carbonyl (C=O) groups excluding carboxylic acids is 2. The topological polar surface area (TPSA) is 49.4 Å². The highest BCUT2D eigenvalue weighted by Crippen LogP contribution is 2.27. The molecule has 4 nitrogen and oxygen atoms in total. The summed E-state index contributed by atoms with van der Waals surface area (Å²) in [5, 5.41) is 3.91. The lowest BCUT2D eigenvalue weighted by Gasteiger charge is -2.31. The Morgan fingerprint density at radius 3 is 2.29 bits per heavy atom. The maximum absolute atomic E-state index is 12.5. The Morgan fingerprint density at radius 1 is 1.17 bits per heavy atom. The summed E-state index contributed by atoms with van der Waals surface area (Å²) in [5.74, 6) is -0.223. The number of amides is 2. The fourth-order valence-corrected chi connectivity index (χ4v) is 3.00. The molecule has 0 saturated heterocycles. The van der Waals surface area contributed by atoms with Crippen molar-refractivity contribution < 1.29 is 9.59 Å². The van der Waals surface area contributed by atoms with Gasteiger partial charge in [-0.25, -0.2) is 0 Å². The zero-order chi connectivity index (χ0) is 18.1. The van der Waals surface area contributed by atoms with Crippen molar-refractivity contribution in [2.24, 2.45) is 0 Å². The second-order valence-corrected chi connectivity index (χ2v) is 6.46. The Hall–Kier alpha value is -1.26. The number of unbranched alkanes of at least 4 members (excludes halogenated alkanes) is 1. The van der Waals surface area contributed by atoms with Gasteiger partial charge < -0.3 is 10.2 Å². The van der Waals surface area contributed by atoms with Gasteiger partial charge in [-0.1, -0.05) is 56.5 Å². The van der Waals surface area contributed by atoms with Crippen LogP contribution in [0, 0.1) is 0 Å². The predicted molar refractivity (Wildman–Crippen MR) is 99.3 cm³/mol. The molecular weight excluding hydrogens is 347 g/mol. The Balaban J connectivity index is 3.02. The van der Waals surface area contributed by atoms with E-state index in [0.29, 0.717) is 35.0 Å². The molecule has 0 saturated carbocycles. The molecule has 0 heterocycles. The van der Waals surface area contributed by atoms with Crippen LogP contribution in [0.25, 0.3) is 0 Å². The normalized spacial score (nSPS) is 11.9. The number of carbonyl (C=O) groups is 2. The third kappa shape index (κ3) is 5.67. The maximum Gasteiger partial charge on any atom is 0.242 e. The summed E-state index contributed by atoms with van der Waals surface area (Å²) in [6, 6.07) is 4.70. The first-order valence-electron chi connectivity index (χ1n) is 8.46. The van der Waals surface area contributed by atoms with Crippen molar-refractivity contribution in [3.63, 3.8) is 0 Å². The Kier molecular flexibility index (Phi) is 9.16. The summed E-state index contributed by atoms with van der Waals surface area (Å²) in [6.45, 7) is 6.59. The van der Waals surface area contributed by atoms with Gasteiger partial charge in [0.2, 0.25) is 11.8 Å². The SMILES string of the molecule is CCCCNC(=O)C(CC)N(Cc1c(Cl)cccc1Cl)C(=O)CC. The molecule has 1 atom stereocenters. The van der Waals surface area contributed by atoms with Crippen molar-refractivity contribution in [3.8, 4) is 0 Å². The lowest BCUT2D eigenvalue weighted by atomic mass is 10.1. The van der Waals surface area contributed by atoms with Gasteiger partial charge in [0.25, 0.3) is 0 Å². The molecule has 0 aliphatic rings. The van der Waals surface area contributed by atoms with Crippen LogP contribution in [0.15, 0.2) is 18.2 Å². The van der Waals surface area contributed by atoms with Crippen molar-refractivity contribution >= 4 is 35.0 Å². The van der Waals surface area contributed by atoms with E-state index < -0.39 is 6.04 Å². The quantitative estimate of drug-likeness (QED) is 0.651. The van der Waals surface area contributed by atoms with Crippen molar-refractivity contribution in [1.29, 1.82) is 0 Å². The van der Waals surface area contributed by atoms with Crippen LogP contribution in [-0.2, 0) is 16.1 Å². The van der Waals surface area contributed by atoms with Crippen LogP contribution in [0.5, 0.6) is 0 Å². The molecule has 1 aromatic carbocycles. The number of halogens is 2. The summed E-state index contributed by atoms with van der Waals surface area (Å²) in [7, 11) is 0. The number of benzene rings is 1. The van der Waals surface area contributed by atoms with Crippen molar-refractivity contribution in [3.05, 3.63) is 33.8 Å². The predicted octanol–water partition coefficient (Wildman–Crippen LogP) is 4.43. The van der Waals surface area contributed by atoms with Crippen LogP contribution in [0.2, 0.25) is 10.0 Å². The number of hydrogen-bond donors (Lipinski definition) is 1. The fourth-order valence-electron chi connectivity index (χ4n) is 2.48. The summed E-state index contributed by atoms with van der Waals surface area (Å²) in [5.41, 5.74) is 0.669. The molecule has 0 aliphatic heterocycles. The van der Waals surface area contributed by atoms with Gasteiger partial charge >= 0.3 is 0 Å². The number of rotatable bonds is 9. The lowest BCUT2D eigenvalue weighted by molar-refractivity contribution is -0.141. The molecule has 134 valence electrons. The zero-order valence-electron chi connectivity index (χ0n) is 14.6. The summed E-state index contributed by atoms with van der Waals surface area (Å²) in [4.78, 5) is 26.5. The highest BCUT2D eigenvalue weighted by molar-refractivity contribution is 6.36. The molecule has 6 heteroatoms. The van der Waals surface area contributed by atoms with Gasteiger partial charge in [-0.15, -0.1) is 0 Å². The van der Waals surface area contributed by atoms with E-state index in [1.54, 1.807) is 30.0 Å². The second-order valence-electron chi connectivity index (χ2n) is 5.64. The average Bonchev–Trinajstić information content (AvgIpc) is 2.56. The third-order valence-electron chi connectivity index (χ3n) is 3.91. The van der Waals surface area contributed by atoms with Crippen LogP contribution in [0.4, 0.5) is 0 Å². The van der Waals surface area contributed by atoms with Crippen LogP contribution in [0.3, 0.4) is 0 Å². The van der Waals surface area contributed by atoms with Gasteiger partial charge in [-0.05, 0) is 25.0 Å². The van der Waals surface area contributed by atoms with E-state index in [0.717, 1.165) is 12.8 Å². The smallest absolute Gasteiger partial charge is 0.242 e. The summed E-state index contributed by atoms with van der Waals surface area (Å²) < 4.78 is 0. The largest absolute Gasteiger partial charge is 0.354 e. The molecule has 0 aromatic heterocycles. The van der Waals surface area contributed by atoms with E-state index in [4.69, 9.17) is 23.2 Å². The first-order valence-corrected chi connectivity index (χ1v) is 9.21. The van der Waals surface area contributed by atoms with Gasteiger partial charge in [0.1, 0.15) is 6.04 Å². The van der Waals surface area contributed by atoms with E-state index in [-0.39, 0.29) is 18.4 Å². The van der Waals surface area contributed by atoms with E-state index in [1.807, 2.05) is 6.92 Å². The highest BCUT2D eigenvalue weighted by Gasteiger charge is 2.28. The third-order valence-corrected chi connectivity index (χ3v) is 4.62. The van der Waals surface area contributed by atoms with Crippen LogP contribution < -0.4 is 5.32 Å². The second kappa shape index (κ2) is 10.6. The van der Waals surface area contributed by atoms with Crippen molar-refractivity contribution in [1.82, 2.24) is 10.2 Å². The molecule has 2 amide bonds. The molecule has 0 bridgehead atoms. The van der Waals surface area contributed by atoms with E-state index in [1.165, 1.54) is 0 Å². The standard InChI is InChI=1S/C18H26Cl2N2O2/c1-4-7-11-21-18(24)16(5-2)22(17(23)6-3)12-13-14(19)9-8-10-15(13)20/h8-10,16H,4-7,11-12H2,1-3H3,(H,21,24). The first kappa shape index (κ1) is 20.8. The maximum atomic E-state index is 12.5. The highest BCUT2D eigenvalue weighted by atomic mass is 35.5. The average molecular weight is 373 g/mol. The molecule has 0 fully saturated rings. The lowest BCUT2D eigenvalue weighted by Crippen LogP contribution is -2.49. The zero-order valence-corrected chi connectivity index (χ0v) is 16.1. The van der Waals surface area contributed by atoms with Crippen LogP contribution in [0.1, 0.15) is 52.0 Å². The Bertz CT molecular complexity index is 544. The van der Waals surface area contributed by atoms with Gasteiger partial charge in [0.15, 0.2) is 0 Å². The molecule has 1 unspecified atom stereocenters. The van der Waals surface area contributed by atoms with Gasteiger partial charge in [0.05, 0.1) is 0 Å². The minimum Gasteiger partial charge on any atom is -0.354 e.